The molecule has 0 N–H and O–H groups in total. The van der Waals surface area contributed by atoms with Gasteiger partial charge < -0.3 is 0 Å². The van der Waals surface area contributed by atoms with Crippen LogP contribution in [0.15, 0.2) is 30.5 Å². The van der Waals surface area contributed by atoms with Gasteiger partial charge in [-0.25, -0.2) is 4.39 Å². The van der Waals surface area contributed by atoms with Crippen LogP contribution in [0.25, 0.3) is 0 Å². The van der Waals surface area contributed by atoms with E-state index in [1.807, 2.05) is 18.3 Å². The average molecular weight is 309 g/mol. The van der Waals surface area contributed by atoms with E-state index in [9.17, 15) is 4.39 Å². The lowest BCUT2D eigenvalue weighted by Gasteiger charge is -2.08. The maximum atomic E-state index is 12.9. The van der Waals surface area contributed by atoms with E-state index in [0.717, 1.165) is 17.4 Å². The molecule has 2 nitrogen and oxygen atoms in total. The van der Waals surface area contributed by atoms with E-state index in [4.69, 9.17) is 0 Å². The second-order valence-corrected chi connectivity index (χ2v) is 5.31. The van der Waals surface area contributed by atoms with E-state index in [1.165, 1.54) is 36.2 Å². The van der Waals surface area contributed by atoms with Crippen LogP contribution in [-0.2, 0) is 11.9 Å². The van der Waals surface area contributed by atoms with Crippen LogP contribution >= 0.6 is 15.9 Å². The van der Waals surface area contributed by atoms with E-state index >= 15 is 0 Å². The topological polar surface area (TPSA) is 17.8 Å². The van der Waals surface area contributed by atoms with Crippen LogP contribution in [0.4, 0.5) is 4.39 Å². The molecule has 1 heterocycles. The molecule has 2 aromatic rings. The largest absolute Gasteiger partial charge is 0.265 e. The minimum absolute atomic E-state index is 0.192. The van der Waals surface area contributed by atoms with Gasteiger partial charge in [0.25, 0.3) is 0 Å². The van der Waals surface area contributed by atoms with Gasteiger partial charge in [-0.3, -0.25) is 4.68 Å². The van der Waals surface area contributed by atoms with Gasteiger partial charge in [0.15, 0.2) is 0 Å². The third kappa shape index (κ3) is 2.34. The summed E-state index contributed by atoms with van der Waals surface area (Å²) in [5.41, 5.74) is 3.71. The fraction of sp³-hybridized carbons (Fsp3) is 0.357. The summed E-state index contributed by atoms with van der Waals surface area (Å²) in [5.74, 6) is 0.475. The summed E-state index contributed by atoms with van der Waals surface area (Å²) in [4.78, 5) is 0. The molecule has 1 aromatic heterocycles. The number of alkyl halides is 1. The van der Waals surface area contributed by atoms with Gasteiger partial charge in [-0.1, -0.05) is 28.1 Å². The summed E-state index contributed by atoms with van der Waals surface area (Å²) in [7, 11) is 0. The standard InChI is InChI=1S/C14H14BrFN2/c15-7-12-8-17-18(14(12)11-3-4-11)9-10-1-5-13(16)6-2-10/h1-2,5-6,8,11H,3-4,7,9H2. The van der Waals surface area contributed by atoms with Crippen LogP contribution in [0.1, 0.15) is 35.6 Å². The highest BCUT2D eigenvalue weighted by molar-refractivity contribution is 9.08. The summed E-state index contributed by atoms with van der Waals surface area (Å²) in [6.07, 6.45) is 4.45. The van der Waals surface area contributed by atoms with Gasteiger partial charge in [0, 0.05) is 22.5 Å². The minimum atomic E-state index is -0.192. The molecule has 0 bridgehead atoms. The average Bonchev–Trinajstić information content (AvgIpc) is 3.14. The van der Waals surface area contributed by atoms with Crippen LogP contribution in [0.3, 0.4) is 0 Å². The SMILES string of the molecule is Fc1ccc(Cn2ncc(CBr)c2C2CC2)cc1. The molecule has 1 aliphatic carbocycles. The van der Waals surface area contributed by atoms with Crippen LogP contribution in [0, 0.1) is 5.82 Å². The minimum Gasteiger partial charge on any atom is -0.265 e. The fourth-order valence-corrected chi connectivity index (χ4v) is 2.69. The van der Waals surface area contributed by atoms with Gasteiger partial charge in [0.2, 0.25) is 0 Å². The normalized spacial score (nSPS) is 15.0. The maximum Gasteiger partial charge on any atom is 0.123 e. The van der Waals surface area contributed by atoms with Crippen molar-refractivity contribution in [3.8, 4) is 0 Å². The first-order chi connectivity index (χ1) is 8.78. The molecule has 0 unspecified atom stereocenters. The van der Waals surface area contributed by atoms with Crippen LogP contribution in [-0.4, -0.2) is 9.78 Å². The lowest BCUT2D eigenvalue weighted by atomic mass is 10.2. The van der Waals surface area contributed by atoms with Gasteiger partial charge in [-0.2, -0.15) is 5.10 Å². The van der Waals surface area contributed by atoms with Crippen LogP contribution in [0.2, 0.25) is 0 Å². The van der Waals surface area contributed by atoms with Crippen molar-refractivity contribution in [1.82, 2.24) is 9.78 Å². The predicted octanol–water partition coefficient (Wildman–Crippen LogP) is 3.84. The molecule has 1 aromatic carbocycles. The highest BCUT2D eigenvalue weighted by Gasteiger charge is 2.29. The van der Waals surface area contributed by atoms with E-state index in [2.05, 4.69) is 25.7 Å². The van der Waals surface area contributed by atoms with E-state index in [-0.39, 0.29) is 5.82 Å². The molecule has 1 fully saturated rings. The third-order valence-electron chi connectivity index (χ3n) is 3.31. The summed E-state index contributed by atoms with van der Waals surface area (Å²) in [6, 6.07) is 6.64. The zero-order chi connectivity index (χ0) is 12.5. The first kappa shape index (κ1) is 11.9. The lowest BCUT2D eigenvalue weighted by molar-refractivity contribution is 0.620. The zero-order valence-corrected chi connectivity index (χ0v) is 11.5. The number of benzene rings is 1. The molecule has 4 heteroatoms. The number of aromatic nitrogens is 2. The Kier molecular flexibility index (Phi) is 3.20. The third-order valence-corrected chi connectivity index (χ3v) is 3.92. The molecule has 0 spiro atoms. The molecular formula is C14H14BrFN2. The smallest absolute Gasteiger partial charge is 0.123 e. The molecule has 94 valence electrons. The highest BCUT2D eigenvalue weighted by Crippen LogP contribution is 2.42. The molecule has 0 radical (unpaired) electrons. The Morgan fingerprint density at radius 1 is 1.28 bits per heavy atom. The Bertz CT molecular complexity index is 543. The van der Waals surface area contributed by atoms with E-state index in [1.54, 1.807) is 0 Å². The van der Waals surface area contributed by atoms with Gasteiger partial charge >= 0.3 is 0 Å². The molecular weight excluding hydrogens is 295 g/mol. The number of rotatable bonds is 4. The van der Waals surface area contributed by atoms with Crippen molar-refractivity contribution in [2.75, 3.05) is 0 Å². The van der Waals surface area contributed by atoms with Crippen molar-refractivity contribution < 1.29 is 4.39 Å². The second kappa shape index (κ2) is 4.84. The molecule has 1 aliphatic rings. The van der Waals surface area contributed by atoms with Gasteiger partial charge in [-0.15, -0.1) is 0 Å². The Morgan fingerprint density at radius 2 is 2.00 bits per heavy atom. The Morgan fingerprint density at radius 3 is 2.61 bits per heavy atom. The first-order valence-corrected chi connectivity index (χ1v) is 7.25. The predicted molar refractivity (Wildman–Crippen MR) is 72.3 cm³/mol. The molecule has 0 saturated heterocycles. The summed E-state index contributed by atoms with van der Waals surface area (Å²) < 4.78 is 14.9. The van der Waals surface area contributed by atoms with Gasteiger partial charge in [-0.05, 0) is 30.5 Å². The molecule has 0 amide bonds. The zero-order valence-electron chi connectivity index (χ0n) is 9.94. The monoisotopic (exact) mass is 308 g/mol. The molecule has 0 atom stereocenters. The van der Waals surface area contributed by atoms with Gasteiger partial charge in [0.1, 0.15) is 5.82 Å². The summed E-state index contributed by atoms with van der Waals surface area (Å²) in [5, 5.41) is 5.31. The van der Waals surface area contributed by atoms with Crippen molar-refractivity contribution in [2.24, 2.45) is 0 Å². The number of halogens is 2. The van der Waals surface area contributed by atoms with Crippen molar-refractivity contribution in [1.29, 1.82) is 0 Å². The lowest BCUT2D eigenvalue weighted by Crippen LogP contribution is -2.06. The van der Waals surface area contributed by atoms with Crippen molar-refractivity contribution in [2.45, 2.75) is 30.6 Å². The van der Waals surface area contributed by atoms with E-state index in [0.29, 0.717) is 5.92 Å². The Balaban J connectivity index is 1.88. The quantitative estimate of drug-likeness (QED) is 0.785. The maximum absolute atomic E-state index is 12.9. The number of hydrogen-bond acceptors (Lipinski definition) is 1. The summed E-state index contributed by atoms with van der Waals surface area (Å²) in [6.45, 7) is 0.721. The van der Waals surface area contributed by atoms with E-state index < -0.39 is 0 Å². The molecule has 0 aliphatic heterocycles. The number of nitrogens with zero attached hydrogens (tertiary/aromatic N) is 2. The van der Waals surface area contributed by atoms with Crippen molar-refractivity contribution in [3.05, 3.63) is 53.1 Å². The molecule has 1 saturated carbocycles. The van der Waals surface area contributed by atoms with Crippen LogP contribution in [0.5, 0.6) is 0 Å². The number of hydrogen-bond donors (Lipinski definition) is 0. The first-order valence-electron chi connectivity index (χ1n) is 6.13. The Labute approximate surface area is 114 Å². The highest BCUT2D eigenvalue weighted by atomic mass is 79.9. The molecule has 3 rings (SSSR count). The fourth-order valence-electron chi connectivity index (χ4n) is 2.25. The van der Waals surface area contributed by atoms with Crippen LogP contribution < -0.4 is 0 Å². The summed E-state index contributed by atoms with van der Waals surface area (Å²) >= 11 is 3.51. The van der Waals surface area contributed by atoms with Crippen molar-refractivity contribution >= 4 is 15.9 Å². The molecule has 18 heavy (non-hydrogen) atoms. The van der Waals surface area contributed by atoms with Crippen molar-refractivity contribution in [3.63, 3.8) is 0 Å². The second-order valence-electron chi connectivity index (χ2n) is 4.75. The Hall–Kier alpha value is -1.16. The van der Waals surface area contributed by atoms with Gasteiger partial charge in [0.05, 0.1) is 12.7 Å².